The van der Waals surface area contributed by atoms with Crippen molar-refractivity contribution in [2.45, 2.75) is 63.1 Å². The molecule has 4 N–H and O–H groups in total. The predicted molar refractivity (Wildman–Crippen MR) is 233 cm³/mol. The molecule has 4 aromatic heterocycles. The normalized spacial score (nSPS) is 17.9. The number of nitrogens with one attached hydrogen (secondary N) is 4. The SMILES string of the molecule is COC(=O)NC(C(=O)N1CCC[C@H]1c1ncc(-c2cc3c4c(c2)OCc2cc(-c5nc([C@@H]6CCCN6C(=O)C(NC(=O)OC)c6cccnc6)[nH]c5Cl)cc(c2-4)OC3)[nH]1)c1cccnc1. The summed E-state index contributed by atoms with van der Waals surface area (Å²) in [6.07, 6.45) is 9.44. The molecule has 0 bridgehead atoms. The number of alkyl carbamates (subject to hydrolysis) is 2. The molecule has 8 heterocycles. The van der Waals surface area contributed by atoms with E-state index in [-0.39, 0.29) is 31.1 Å². The Bertz CT molecular complexity index is 2770. The Morgan fingerprint density at radius 2 is 1.28 bits per heavy atom. The smallest absolute Gasteiger partial charge is 0.407 e. The average Bonchev–Trinajstić information content (AvgIpc) is 4.19. The number of aromatic amines is 2. The lowest BCUT2D eigenvalue weighted by Gasteiger charge is -2.30. The molecular formula is C46H43ClN10O8. The molecule has 65 heavy (non-hydrogen) atoms. The third-order valence-electron chi connectivity index (χ3n) is 12.4. The van der Waals surface area contributed by atoms with Crippen LogP contribution < -0.4 is 20.1 Å². The minimum absolute atomic E-state index is 0.267. The van der Waals surface area contributed by atoms with Crippen LogP contribution in [0.25, 0.3) is 33.6 Å². The highest BCUT2D eigenvalue weighted by atomic mass is 35.5. The van der Waals surface area contributed by atoms with E-state index in [1.165, 1.54) is 14.2 Å². The van der Waals surface area contributed by atoms with E-state index in [9.17, 15) is 19.2 Å². The zero-order valence-electron chi connectivity index (χ0n) is 35.3. The highest BCUT2D eigenvalue weighted by Gasteiger charge is 2.40. The molecule has 2 aromatic carbocycles. The van der Waals surface area contributed by atoms with Gasteiger partial charge in [0.2, 0.25) is 0 Å². The fraction of sp³-hybridized carbons (Fsp3) is 0.304. The van der Waals surface area contributed by atoms with Crippen molar-refractivity contribution in [2.75, 3.05) is 27.3 Å². The van der Waals surface area contributed by atoms with E-state index in [0.717, 1.165) is 51.9 Å². The Morgan fingerprint density at radius 3 is 1.82 bits per heavy atom. The fourth-order valence-corrected chi connectivity index (χ4v) is 9.58. The molecule has 0 aliphatic carbocycles. The molecule has 4 atom stereocenters. The van der Waals surface area contributed by atoms with E-state index in [4.69, 9.17) is 40.5 Å². The summed E-state index contributed by atoms with van der Waals surface area (Å²) in [5, 5.41) is 5.65. The van der Waals surface area contributed by atoms with Crippen LogP contribution in [0, 0.1) is 0 Å². The number of carbonyl (C=O) groups excluding carboxylic acids is 4. The van der Waals surface area contributed by atoms with Gasteiger partial charge in [-0.25, -0.2) is 19.6 Å². The number of H-pyrrole nitrogens is 2. The van der Waals surface area contributed by atoms with Crippen LogP contribution in [0.15, 0.2) is 79.5 Å². The summed E-state index contributed by atoms with van der Waals surface area (Å²) < 4.78 is 22.6. The number of halogens is 1. The second-order valence-corrected chi connectivity index (χ2v) is 16.5. The number of likely N-dealkylation sites (tertiary alicyclic amines) is 2. The molecule has 2 unspecified atom stereocenters. The molecule has 4 amide bonds. The lowest BCUT2D eigenvalue weighted by molar-refractivity contribution is -0.135. The van der Waals surface area contributed by atoms with Crippen LogP contribution in [0.3, 0.4) is 0 Å². The van der Waals surface area contributed by atoms with Crippen molar-refractivity contribution in [3.05, 3.63) is 119 Å². The Morgan fingerprint density at radius 1 is 0.738 bits per heavy atom. The van der Waals surface area contributed by atoms with Crippen LogP contribution >= 0.6 is 11.6 Å². The number of methoxy groups -OCH3 is 2. The standard InChI is InChI=1S/C46H43ClN10O8/c1-62-45(60)53-38(24-7-3-11-48-19-24)43(58)56-13-5-9-31(56)41-50-21-30(51-41)26-15-28-22-65-34-18-27(16-29-23-64-33(17-26)35(28)36(29)34)37-40(47)55-42(52-37)32-10-6-14-57(32)44(59)39(54-46(61)63-2)25-8-4-12-49-20-25/h3-4,7-8,11-12,15-21,31-32,38-39H,5-6,9-10,13-14,22-23H2,1-2H3,(H,50,51)(H,52,55)(H,53,60)(H,54,61)/t31-,32-,38?,39?/m0/s1. The highest BCUT2D eigenvalue weighted by molar-refractivity contribution is 6.32. The summed E-state index contributed by atoms with van der Waals surface area (Å²) in [4.78, 5) is 80.8. The molecule has 0 spiro atoms. The first-order valence-electron chi connectivity index (χ1n) is 21.2. The lowest BCUT2D eigenvalue weighted by Crippen LogP contribution is -2.43. The van der Waals surface area contributed by atoms with Gasteiger partial charge in [-0.3, -0.25) is 19.6 Å². The second-order valence-electron chi connectivity index (χ2n) is 16.2. The van der Waals surface area contributed by atoms with E-state index in [2.05, 4.69) is 36.6 Å². The van der Waals surface area contributed by atoms with Crippen molar-refractivity contribution in [2.24, 2.45) is 0 Å². The molecule has 19 heteroatoms. The van der Waals surface area contributed by atoms with Crippen molar-refractivity contribution in [3.8, 4) is 45.1 Å². The number of nitrogens with zero attached hydrogens (tertiary/aromatic N) is 6. The number of carbonyl (C=O) groups is 4. The molecule has 2 saturated heterocycles. The summed E-state index contributed by atoms with van der Waals surface area (Å²) in [6.45, 7) is 1.50. The molecule has 0 radical (unpaired) electrons. The van der Waals surface area contributed by atoms with Crippen molar-refractivity contribution in [1.29, 1.82) is 0 Å². The van der Waals surface area contributed by atoms with Crippen LogP contribution in [-0.2, 0) is 32.3 Å². The van der Waals surface area contributed by atoms with Crippen LogP contribution in [-0.4, -0.2) is 91.0 Å². The minimum Gasteiger partial charge on any atom is -0.488 e. The highest BCUT2D eigenvalue weighted by Crippen LogP contribution is 2.51. The molecule has 4 aliphatic heterocycles. The minimum atomic E-state index is -1.01. The molecule has 332 valence electrons. The van der Waals surface area contributed by atoms with Crippen molar-refractivity contribution < 1.29 is 38.1 Å². The number of benzene rings is 2. The van der Waals surface area contributed by atoms with Crippen LogP contribution in [0.2, 0.25) is 5.15 Å². The van der Waals surface area contributed by atoms with E-state index in [0.29, 0.717) is 71.1 Å². The van der Waals surface area contributed by atoms with Gasteiger partial charge in [-0.2, -0.15) is 0 Å². The first kappa shape index (κ1) is 41.5. The summed E-state index contributed by atoms with van der Waals surface area (Å²) >= 11 is 6.88. The van der Waals surface area contributed by atoms with Gasteiger partial charge < -0.3 is 49.3 Å². The zero-order valence-corrected chi connectivity index (χ0v) is 36.1. The Balaban J connectivity index is 0.892. The Labute approximate surface area is 377 Å². The van der Waals surface area contributed by atoms with Gasteiger partial charge >= 0.3 is 12.2 Å². The molecule has 0 saturated carbocycles. The number of amides is 4. The molecule has 18 nitrogen and oxygen atoms in total. The van der Waals surface area contributed by atoms with Gasteiger partial charge in [-0.1, -0.05) is 23.7 Å². The van der Waals surface area contributed by atoms with E-state index >= 15 is 0 Å². The number of imidazole rings is 2. The number of hydrogen-bond acceptors (Lipinski definition) is 12. The molecule has 10 rings (SSSR count). The lowest BCUT2D eigenvalue weighted by atomic mass is 9.87. The largest absolute Gasteiger partial charge is 0.488 e. The van der Waals surface area contributed by atoms with Crippen LogP contribution in [0.1, 0.15) is 83.8 Å². The van der Waals surface area contributed by atoms with Gasteiger partial charge in [-0.15, -0.1) is 0 Å². The number of aromatic nitrogens is 6. The van der Waals surface area contributed by atoms with Gasteiger partial charge in [0.25, 0.3) is 11.8 Å². The quantitative estimate of drug-likeness (QED) is 0.111. The fourth-order valence-electron chi connectivity index (χ4n) is 9.33. The Hall–Kier alpha value is -7.47. The number of ether oxygens (including phenoxy) is 4. The Kier molecular flexibility index (Phi) is 11.0. The van der Waals surface area contributed by atoms with Gasteiger partial charge in [0.1, 0.15) is 59.3 Å². The van der Waals surface area contributed by atoms with E-state index < -0.39 is 30.3 Å². The summed E-state index contributed by atoms with van der Waals surface area (Å²) in [7, 11) is 2.50. The van der Waals surface area contributed by atoms with E-state index in [1.54, 1.807) is 65.0 Å². The van der Waals surface area contributed by atoms with Gasteiger partial charge in [0, 0.05) is 82.4 Å². The number of pyridine rings is 2. The summed E-state index contributed by atoms with van der Waals surface area (Å²) in [5.41, 5.74) is 7.66. The van der Waals surface area contributed by atoms with Gasteiger partial charge in [0.15, 0.2) is 0 Å². The molecular weight excluding hydrogens is 856 g/mol. The maximum absolute atomic E-state index is 14.1. The second kappa shape index (κ2) is 17.2. The maximum Gasteiger partial charge on any atom is 0.407 e. The first-order valence-corrected chi connectivity index (χ1v) is 21.6. The summed E-state index contributed by atoms with van der Waals surface area (Å²) in [5.74, 6) is 1.95. The monoisotopic (exact) mass is 898 g/mol. The topological polar surface area (TPSA) is 219 Å². The van der Waals surface area contributed by atoms with E-state index in [1.807, 2.05) is 18.2 Å². The first-order chi connectivity index (χ1) is 31.7. The molecule has 2 fully saturated rings. The molecule has 6 aromatic rings. The molecule has 4 aliphatic rings. The van der Waals surface area contributed by atoms with Crippen molar-refractivity contribution in [1.82, 2.24) is 50.3 Å². The van der Waals surface area contributed by atoms with Gasteiger partial charge in [0.05, 0.1) is 38.2 Å². The third-order valence-corrected chi connectivity index (χ3v) is 12.6. The maximum atomic E-state index is 14.1. The van der Waals surface area contributed by atoms with Crippen LogP contribution in [0.5, 0.6) is 11.5 Å². The van der Waals surface area contributed by atoms with Gasteiger partial charge in [-0.05, 0) is 62.1 Å². The van der Waals surface area contributed by atoms with Crippen molar-refractivity contribution >= 4 is 35.6 Å². The number of rotatable bonds is 10. The van der Waals surface area contributed by atoms with Crippen molar-refractivity contribution in [3.63, 3.8) is 0 Å². The summed E-state index contributed by atoms with van der Waals surface area (Å²) in [6, 6.07) is 12.1. The van der Waals surface area contributed by atoms with Crippen LogP contribution in [0.4, 0.5) is 9.59 Å². The predicted octanol–water partition coefficient (Wildman–Crippen LogP) is 6.88. The number of hydrogen-bond donors (Lipinski definition) is 4. The third kappa shape index (κ3) is 7.72. The zero-order chi connectivity index (χ0) is 44.8. The average molecular weight is 899 g/mol.